The molecule has 4 nitrogen and oxygen atoms in total. The second-order valence-corrected chi connectivity index (χ2v) is 6.28. The molecule has 3 aromatic rings. The quantitative estimate of drug-likeness (QED) is 0.774. The summed E-state index contributed by atoms with van der Waals surface area (Å²) in [5.41, 5.74) is 2.58. The number of hydrogen-bond acceptors (Lipinski definition) is 3. The summed E-state index contributed by atoms with van der Waals surface area (Å²) in [5.74, 6) is 1.20. The number of fused-ring (bicyclic) bond motifs is 2. The maximum absolute atomic E-state index is 12.8. The van der Waals surface area contributed by atoms with Crippen molar-refractivity contribution < 1.29 is 14.3 Å². The fourth-order valence-corrected chi connectivity index (χ4v) is 3.27. The van der Waals surface area contributed by atoms with E-state index in [0.29, 0.717) is 17.1 Å². The van der Waals surface area contributed by atoms with Crippen molar-refractivity contribution in [3.05, 3.63) is 71.3 Å². The first-order valence-corrected chi connectivity index (χ1v) is 8.32. The Hall–Kier alpha value is -3.01. The molecule has 0 radical (unpaired) electrons. The zero-order valence-corrected chi connectivity index (χ0v) is 14.2. The predicted molar refractivity (Wildman–Crippen MR) is 97.1 cm³/mol. The van der Waals surface area contributed by atoms with E-state index in [2.05, 4.69) is 29.6 Å². The van der Waals surface area contributed by atoms with Crippen LogP contribution in [0.2, 0.25) is 0 Å². The highest BCUT2D eigenvalue weighted by molar-refractivity contribution is 5.97. The second kappa shape index (κ2) is 6.13. The normalized spacial score (nSPS) is 13.7. The van der Waals surface area contributed by atoms with Gasteiger partial charge in [0.2, 0.25) is 6.79 Å². The van der Waals surface area contributed by atoms with E-state index in [1.807, 2.05) is 38.1 Å². The first-order valence-electron chi connectivity index (χ1n) is 8.32. The van der Waals surface area contributed by atoms with Crippen molar-refractivity contribution in [2.24, 2.45) is 0 Å². The zero-order valence-electron chi connectivity index (χ0n) is 14.2. The van der Waals surface area contributed by atoms with Gasteiger partial charge in [0.1, 0.15) is 0 Å². The Balaban J connectivity index is 1.62. The third-order valence-electron chi connectivity index (χ3n) is 4.60. The third-order valence-corrected chi connectivity index (χ3v) is 4.60. The molecule has 126 valence electrons. The molecule has 4 rings (SSSR count). The van der Waals surface area contributed by atoms with Gasteiger partial charge >= 0.3 is 0 Å². The minimum Gasteiger partial charge on any atom is -0.454 e. The fraction of sp³-hybridized carbons (Fsp3) is 0.190. The summed E-state index contributed by atoms with van der Waals surface area (Å²) in [6.45, 7) is 4.10. The SMILES string of the molecule is Cc1cc2c(cc1C(=O)N[C@H](C)c1cccc3ccccc13)OCO2. The Morgan fingerprint density at radius 3 is 2.60 bits per heavy atom. The van der Waals surface area contributed by atoms with Crippen molar-refractivity contribution in [2.45, 2.75) is 19.9 Å². The van der Waals surface area contributed by atoms with Crippen molar-refractivity contribution in [3.63, 3.8) is 0 Å². The minimum absolute atomic E-state index is 0.108. The average Bonchev–Trinajstić information content (AvgIpc) is 3.07. The van der Waals surface area contributed by atoms with Gasteiger partial charge in [-0.25, -0.2) is 0 Å². The number of rotatable bonds is 3. The Morgan fingerprint density at radius 1 is 1.04 bits per heavy atom. The predicted octanol–water partition coefficient (Wildman–Crippen LogP) is 4.37. The van der Waals surface area contributed by atoms with E-state index in [4.69, 9.17) is 9.47 Å². The van der Waals surface area contributed by atoms with Gasteiger partial charge in [0, 0.05) is 5.56 Å². The summed E-state index contributed by atoms with van der Waals surface area (Å²) in [4.78, 5) is 12.8. The first-order chi connectivity index (χ1) is 12.1. The van der Waals surface area contributed by atoms with Crippen LogP contribution in [0.15, 0.2) is 54.6 Å². The molecular formula is C21H19NO3. The molecule has 0 saturated heterocycles. The van der Waals surface area contributed by atoms with Crippen molar-refractivity contribution in [3.8, 4) is 11.5 Å². The van der Waals surface area contributed by atoms with E-state index in [-0.39, 0.29) is 18.7 Å². The van der Waals surface area contributed by atoms with Crippen LogP contribution < -0.4 is 14.8 Å². The van der Waals surface area contributed by atoms with Gasteiger partial charge < -0.3 is 14.8 Å². The minimum atomic E-state index is -0.115. The lowest BCUT2D eigenvalue weighted by atomic mass is 9.99. The van der Waals surface area contributed by atoms with E-state index in [1.165, 1.54) is 5.39 Å². The van der Waals surface area contributed by atoms with Crippen molar-refractivity contribution in [1.82, 2.24) is 5.32 Å². The van der Waals surface area contributed by atoms with Crippen LogP contribution in [0.3, 0.4) is 0 Å². The molecule has 1 heterocycles. The molecule has 3 aromatic carbocycles. The van der Waals surface area contributed by atoms with Gasteiger partial charge in [-0.3, -0.25) is 4.79 Å². The summed E-state index contributed by atoms with van der Waals surface area (Å²) in [5, 5.41) is 5.42. The largest absolute Gasteiger partial charge is 0.454 e. The van der Waals surface area contributed by atoms with Crippen LogP contribution in [0.1, 0.15) is 34.5 Å². The van der Waals surface area contributed by atoms with Crippen LogP contribution in [-0.2, 0) is 0 Å². The fourth-order valence-electron chi connectivity index (χ4n) is 3.27. The van der Waals surface area contributed by atoms with Gasteiger partial charge in [-0.15, -0.1) is 0 Å². The Labute approximate surface area is 146 Å². The lowest BCUT2D eigenvalue weighted by Gasteiger charge is -2.17. The number of hydrogen-bond donors (Lipinski definition) is 1. The third kappa shape index (κ3) is 2.80. The maximum atomic E-state index is 12.8. The standard InChI is InChI=1S/C21H19NO3/c1-13-10-19-20(25-12-24-19)11-18(13)21(23)22-14(2)16-9-5-7-15-6-3-4-8-17(15)16/h3-11,14H,12H2,1-2H3,(H,22,23)/t14-/m1/s1. The van der Waals surface area contributed by atoms with Crippen molar-refractivity contribution in [2.75, 3.05) is 6.79 Å². The number of aryl methyl sites for hydroxylation is 1. The number of nitrogens with one attached hydrogen (secondary N) is 1. The van der Waals surface area contributed by atoms with Crippen molar-refractivity contribution in [1.29, 1.82) is 0 Å². The number of benzene rings is 3. The van der Waals surface area contributed by atoms with Gasteiger partial charge in [-0.2, -0.15) is 0 Å². The van der Waals surface area contributed by atoms with Gasteiger partial charge in [0.15, 0.2) is 11.5 Å². The van der Waals surface area contributed by atoms with Crippen LogP contribution in [-0.4, -0.2) is 12.7 Å². The number of amides is 1. The van der Waals surface area contributed by atoms with Crippen LogP contribution in [0.5, 0.6) is 11.5 Å². The van der Waals surface area contributed by atoms with E-state index in [0.717, 1.165) is 16.5 Å². The molecule has 0 saturated carbocycles. The average molecular weight is 333 g/mol. The molecule has 1 N–H and O–H groups in total. The summed E-state index contributed by atoms with van der Waals surface area (Å²) < 4.78 is 10.7. The highest BCUT2D eigenvalue weighted by Crippen LogP contribution is 2.35. The highest BCUT2D eigenvalue weighted by Gasteiger charge is 2.20. The van der Waals surface area contributed by atoms with Crippen molar-refractivity contribution >= 4 is 16.7 Å². The Morgan fingerprint density at radius 2 is 1.76 bits per heavy atom. The molecule has 1 amide bonds. The van der Waals surface area contributed by atoms with Gasteiger partial charge in [0.05, 0.1) is 6.04 Å². The molecule has 4 heteroatoms. The van der Waals surface area contributed by atoms with E-state index < -0.39 is 0 Å². The lowest BCUT2D eigenvalue weighted by Crippen LogP contribution is -2.27. The maximum Gasteiger partial charge on any atom is 0.252 e. The molecule has 0 spiro atoms. The summed E-state index contributed by atoms with van der Waals surface area (Å²) in [6.07, 6.45) is 0. The molecule has 0 aromatic heterocycles. The molecule has 0 aliphatic carbocycles. The molecule has 1 aliphatic heterocycles. The van der Waals surface area contributed by atoms with Gasteiger partial charge in [-0.05, 0) is 47.9 Å². The molecular weight excluding hydrogens is 314 g/mol. The van der Waals surface area contributed by atoms with E-state index in [9.17, 15) is 4.79 Å². The van der Waals surface area contributed by atoms with Gasteiger partial charge in [-0.1, -0.05) is 42.5 Å². The highest BCUT2D eigenvalue weighted by atomic mass is 16.7. The topological polar surface area (TPSA) is 47.6 Å². The molecule has 0 unspecified atom stereocenters. The Kier molecular flexibility index (Phi) is 3.80. The number of ether oxygens (including phenoxy) is 2. The number of carbonyl (C=O) groups is 1. The zero-order chi connectivity index (χ0) is 17.4. The smallest absolute Gasteiger partial charge is 0.252 e. The molecule has 0 fully saturated rings. The van der Waals surface area contributed by atoms with E-state index in [1.54, 1.807) is 6.07 Å². The summed E-state index contributed by atoms with van der Waals surface area (Å²) in [7, 11) is 0. The Bertz CT molecular complexity index is 959. The van der Waals surface area contributed by atoms with Crippen LogP contribution >= 0.6 is 0 Å². The first kappa shape index (κ1) is 15.5. The van der Waals surface area contributed by atoms with Gasteiger partial charge in [0.25, 0.3) is 5.91 Å². The van der Waals surface area contributed by atoms with Crippen LogP contribution in [0.25, 0.3) is 10.8 Å². The monoisotopic (exact) mass is 333 g/mol. The summed E-state index contributed by atoms with van der Waals surface area (Å²) >= 11 is 0. The second-order valence-electron chi connectivity index (χ2n) is 6.28. The molecule has 25 heavy (non-hydrogen) atoms. The molecule has 1 atom stereocenters. The summed E-state index contributed by atoms with van der Waals surface area (Å²) in [6, 6.07) is 17.8. The van der Waals surface area contributed by atoms with Crippen LogP contribution in [0, 0.1) is 6.92 Å². The van der Waals surface area contributed by atoms with Crippen LogP contribution in [0.4, 0.5) is 0 Å². The lowest BCUT2D eigenvalue weighted by molar-refractivity contribution is 0.0939. The molecule has 1 aliphatic rings. The van der Waals surface area contributed by atoms with E-state index >= 15 is 0 Å². The molecule has 0 bridgehead atoms. The number of carbonyl (C=O) groups excluding carboxylic acids is 1.